The van der Waals surface area contributed by atoms with Crippen molar-refractivity contribution in [3.63, 3.8) is 0 Å². The molecular formula is C24H31N3O. The third-order valence-corrected chi connectivity index (χ3v) is 6.39. The molecule has 2 aliphatic heterocycles. The number of carbonyl (C=O) groups is 1. The maximum Gasteiger partial charge on any atom is 0.255 e. The first kappa shape index (κ1) is 19.0. The van der Waals surface area contributed by atoms with Gasteiger partial charge in [-0.25, -0.2) is 0 Å². The van der Waals surface area contributed by atoms with Crippen molar-refractivity contribution in [2.75, 3.05) is 31.1 Å². The third kappa shape index (κ3) is 4.54. The average Bonchev–Trinajstić information content (AvgIpc) is 2.75. The molecule has 1 amide bonds. The quantitative estimate of drug-likeness (QED) is 0.792. The lowest BCUT2D eigenvalue weighted by atomic mass is 9.90. The van der Waals surface area contributed by atoms with Gasteiger partial charge in [-0.3, -0.25) is 9.78 Å². The second-order valence-electron chi connectivity index (χ2n) is 8.53. The van der Waals surface area contributed by atoms with E-state index < -0.39 is 0 Å². The van der Waals surface area contributed by atoms with Crippen LogP contribution in [0.2, 0.25) is 0 Å². The summed E-state index contributed by atoms with van der Waals surface area (Å²) in [5.74, 6) is 1.61. The number of pyridine rings is 1. The number of nitrogens with zero attached hydrogens (tertiary/aromatic N) is 3. The van der Waals surface area contributed by atoms with Gasteiger partial charge in [0.25, 0.3) is 5.91 Å². The molecule has 28 heavy (non-hydrogen) atoms. The van der Waals surface area contributed by atoms with Crippen LogP contribution in [0.1, 0.15) is 48.5 Å². The lowest BCUT2D eigenvalue weighted by Crippen LogP contribution is -2.38. The molecule has 148 valence electrons. The average molecular weight is 378 g/mol. The van der Waals surface area contributed by atoms with Gasteiger partial charge in [-0.05, 0) is 55.6 Å². The Labute approximate surface area is 168 Å². The normalized spacial score (nSPS) is 19.0. The van der Waals surface area contributed by atoms with Crippen molar-refractivity contribution in [1.82, 2.24) is 9.88 Å². The fourth-order valence-electron chi connectivity index (χ4n) is 4.45. The summed E-state index contributed by atoms with van der Waals surface area (Å²) >= 11 is 0. The fraction of sp³-hybridized carbons (Fsp3) is 0.500. The Kier molecular flexibility index (Phi) is 5.94. The molecule has 0 bridgehead atoms. The summed E-state index contributed by atoms with van der Waals surface area (Å²) < 4.78 is 0. The monoisotopic (exact) mass is 377 g/mol. The molecule has 3 heterocycles. The molecule has 2 saturated heterocycles. The fourth-order valence-corrected chi connectivity index (χ4v) is 4.45. The van der Waals surface area contributed by atoms with Crippen molar-refractivity contribution >= 4 is 11.6 Å². The van der Waals surface area contributed by atoms with Gasteiger partial charge < -0.3 is 9.80 Å². The van der Waals surface area contributed by atoms with Crippen LogP contribution in [0.4, 0.5) is 5.69 Å². The van der Waals surface area contributed by atoms with E-state index in [1.54, 1.807) is 6.20 Å². The third-order valence-electron chi connectivity index (χ3n) is 6.39. The molecule has 4 rings (SSSR count). The molecule has 1 aromatic heterocycles. The van der Waals surface area contributed by atoms with Gasteiger partial charge in [0.2, 0.25) is 0 Å². The first-order valence-electron chi connectivity index (χ1n) is 10.7. The first-order chi connectivity index (χ1) is 13.7. The Balaban J connectivity index is 1.35. The van der Waals surface area contributed by atoms with Crippen LogP contribution in [-0.4, -0.2) is 42.0 Å². The van der Waals surface area contributed by atoms with Crippen LogP contribution in [0.15, 0.2) is 48.8 Å². The zero-order chi connectivity index (χ0) is 19.3. The minimum absolute atomic E-state index is 0.139. The van der Waals surface area contributed by atoms with Crippen molar-refractivity contribution < 1.29 is 4.79 Å². The number of rotatable bonds is 4. The van der Waals surface area contributed by atoms with Crippen LogP contribution in [-0.2, 0) is 6.42 Å². The molecule has 1 aromatic carbocycles. The maximum atomic E-state index is 12.9. The summed E-state index contributed by atoms with van der Waals surface area (Å²) in [5, 5.41) is 0. The standard InChI is InChI=1S/C24H31N3O/c1-19-7-11-27(12-8-19)24(28)22-16-23(18-25-17-22)26-13-9-21(10-14-26)15-20-5-3-2-4-6-20/h2-6,16-19,21H,7-15H2,1H3. The highest BCUT2D eigenvalue weighted by atomic mass is 16.2. The summed E-state index contributed by atoms with van der Waals surface area (Å²) in [6, 6.07) is 12.8. The number of anilines is 1. The predicted molar refractivity (Wildman–Crippen MR) is 114 cm³/mol. The zero-order valence-corrected chi connectivity index (χ0v) is 16.9. The number of piperidine rings is 2. The van der Waals surface area contributed by atoms with E-state index in [0.29, 0.717) is 0 Å². The van der Waals surface area contributed by atoms with Gasteiger partial charge in [0.1, 0.15) is 0 Å². The van der Waals surface area contributed by atoms with E-state index in [9.17, 15) is 4.79 Å². The van der Waals surface area contributed by atoms with Crippen molar-refractivity contribution in [1.29, 1.82) is 0 Å². The second-order valence-corrected chi connectivity index (χ2v) is 8.53. The summed E-state index contributed by atoms with van der Waals surface area (Å²) in [6.45, 7) is 6.09. The van der Waals surface area contributed by atoms with Gasteiger partial charge >= 0.3 is 0 Å². The van der Waals surface area contributed by atoms with Crippen molar-refractivity contribution in [3.8, 4) is 0 Å². The van der Waals surface area contributed by atoms with Crippen LogP contribution >= 0.6 is 0 Å². The Morgan fingerprint density at radius 2 is 1.71 bits per heavy atom. The highest BCUT2D eigenvalue weighted by Crippen LogP contribution is 2.26. The summed E-state index contributed by atoms with van der Waals surface area (Å²) in [6.07, 6.45) is 9.40. The number of likely N-dealkylation sites (tertiary alicyclic amines) is 1. The van der Waals surface area contributed by atoms with E-state index in [0.717, 1.165) is 62.1 Å². The van der Waals surface area contributed by atoms with Gasteiger partial charge in [0.05, 0.1) is 17.4 Å². The van der Waals surface area contributed by atoms with Gasteiger partial charge in [-0.1, -0.05) is 37.3 Å². The number of benzene rings is 1. The molecule has 2 fully saturated rings. The van der Waals surface area contributed by atoms with Crippen LogP contribution in [0.5, 0.6) is 0 Å². The van der Waals surface area contributed by atoms with Crippen LogP contribution in [0.25, 0.3) is 0 Å². The van der Waals surface area contributed by atoms with Crippen LogP contribution in [0, 0.1) is 11.8 Å². The largest absolute Gasteiger partial charge is 0.370 e. The van der Waals surface area contributed by atoms with Crippen molar-refractivity contribution in [3.05, 3.63) is 59.9 Å². The molecule has 0 radical (unpaired) electrons. The zero-order valence-electron chi connectivity index (χ0n) is 16.9. The van der Waals surface area contributed by atoms with Crippen molar-refractivity contribution in [2.24, 2.45) is 11.8 Å². The van der Waals surface area contributed by atoms with E-state index in [1.807, 2.05) is 17.2 Å². The molecule has 0 atom stereocenters. The first-order valence-corrected chi connectivity index (χ1v) is 10.7. The highest BCUT2D eigenvalue weighted by molar-refractivity contribution is 5.94. The summed E-state index contributed by atoms with van der Waals surface area (Å²) in [4.78, 5) is 21.6. The van der Waals surface area contributed by atoms with Crippen LogP contribution in [0.3, 0.4) is 0 Å². The SMILES string of the molecule is CC1CCN(C(=O)c2cncc(N3CCC(Cc4ccccc4)CC3)c2)CC1. The Hall–Kier alpha value is -2.36. The van der Waals surface area contributed by atoms with Gasteiger partial charge in [-0.2, -0.15) is 0 Å². The van der Waals surface area contributed by atoms with E-state index in [-0.39, 0.29) is 5.91 Å². The highest BCUT2D eigenvalue weighted by Gasteiger charge is 2.24. The van der Waals surface area contributed by atoms with E-state index in [1.165, 1.54) is 24.8 Å². The second kappa shape index (κ2) is 8.76. The smallest absolute Gasteiger partial charge is 0.255 e. The number of carbonyl (C=O) groups excluding carboxylic acids is 1. The molecule has 4 heteroatoms. The maximum absolute atomic E-state index is 12.9. The Morgan fingerprint density at radius 1 is 1.00 bits per heavy atom. The lowest BCUT2D eigenvalue weighted by Gasteiger charge is -2.34. The van der Waals surface area contributed by atoms with Crippen molar-refractivity contribution in [2.45, 2.75) is 39.0 Å². The Morgan fingerprint density at radius 3 is 2.43 bits per heavy atom. The molecule has 2 aromatic rings. The van der Waals surface area contributed by atoms with Gasteiger partial charge in [-0.15, -0.1) is 0 Å². The molecule has 4 nitrogen and oxygen atoms in total. The number of hydrogen-bond acceptors (Lipinski definition) is 3. The molecule has 0 aliphatic carbocycles. The van der Waals surface area contributed by atoms with Gasteiger partial charge in [0, 0.05) is 32.4 Å². The molecule has 0 unspecified atom stereocenters. The Bertz CT molecular complexity index is 775. The topological polar surface area (TPSA) is 36.4 Å². The number of hydrogen-bond donors (Lipinski definition) is 0. The van der Waals surface area contributed by atoms with E-state index in [2.05, 4.69) is 47.1 Å². The van der Waals surface area contributed by atoms with E-state index in [4.69, 9.17) is 0 Å². The number of amides is 1. The summed E-state index contributed by atoms with van der Waals surface area (Å²) in [7, 11) is 0. The molecule has 0 N–H and O–H groups in total. The van der Waals surface area contributed by atoms with E-state index >= 15 is 0 Å². The molecule has 2 aliphatic rings. The predicted octanol–water partition coefficient (Wildman–Crippen LogP) is 4.41. The molecule has 0 saturated carbocycles. The van der Waals surface area contributed by atoms with Gasteiger partial charge in [0.15, 0.2) is 0 Å². The minimum Gasteiger partial charge on any atom is -0.370 e. The van der Waals surface area contributed by atoms with Crippen LogP contribution < -0.4 is 4.90 Å². The lowest BCUT2D eigenvalue weighted by molar-refractivity contribution is 0.0697. The molecule has 0 spiro atoms. The summed E-state index contributed by atoms with van der Waals surface area (Å²) in [5.41, 5.74) is 3.26. The number of aromatic nitrogens is 1. The molecular weight excluding hydrogens is 346 g/mol. The minimum atomic E-state index is 0.139.